The first-order valence-electron chi connectivity index (χ1n) is 10.6. The minimum absolute atomic E-state index is 0.0241. The second kappa shape index (κ2) is 9.80. The number of hydrogen-bond donors (Lipinski definition) is 3. The number of anilines is 4. The molecule has 0 saturated heterocycles. The third kappa shape index (κ3) is 5.19. The summed E-state index contributed by atoms with van der Waals surface area (Å²) in [6.45, 7) is 0. The van der Waals surface area contributed by atoms with Crippen LogP contribution in [-0.4, -0.2) is 58.8 Å². The van der Waals surface area contributed by atoms with Gasteiger partial charge in [-0.15, -0.1) is 0 Å². The highest BCUT2D eigenvalue weighted by Crippen LogP contribution is 2.39. The van der Waals surface area contributed by atoms with Crippen LogP contribution in [0, 0.1) is 0 Å². The highest BCUT2D eigenvalue weighted by molar-refractivity contribution is 6.29. The summed E-state index contributed by atoms with van der Waals surface area (Å²) in [6, 6.07) is 12.4. The van der Waals surface area contributed by atoms with Crippen LogP contribution < -0.4 is 21.1 Å². The zero-order valence-corrected chi connectivity index (χ0v) is 19.8. The second-order valence-corrected chi connectivity index (χ2v) is 8.51. The molecule has 1 amide bonds. The van der Waals surface area contributed by atoms with Gasteiger partial charge in [-0.1, -0.05) is 11.6 Å². The lowest BCUT2D eigenvalue weighted by molar-refractivity contribution is -0.204. The van der Waals surface area contributed by atoms with Crippen molar-refractivity contribution in [3.63, 3.8) is 0 Å². The minimum Gasteiger partial charge on any atom is -0.490 e. The van der Waals surface area contributed by atoms with Gasteiger partial charge in [-0.2, -0.15) is 4.98 Å². The number of primary amides is 1. The van der Waals surface area contributed by atoms with E-state index in [1.165, 1.54) is 0 Å². The Kier molecular flexibility index (Phi) is 6.82. The molecular formula is C23H26ClN7O3. The molecule has 0 atom stereocenters. The fourth-order valence-electron chi connectivity index (χ4n) is 3.74. The van der Waals surface area contributed by atoms with E-state index in [2.05, 4.69) is 30.5 Å². The molecule has 178 valence electrons. The second-order valence-electron chi connectivity index (χ2n) is 8.13. The van der Waals surface area contributed by atoms with Gasteiger partial charge in [-0.25, -0.2) is 9.97 Å². The quantitative estimate of drug-likeness (QED) is 0.309. The smallest absolute Gasteiger partial charge is 0.269 e. The van der Waals surface area contributed by atoms with E-state index in [1.807, 2.05) is 38.4 Å². The highest BCUT2D eigenvalue weighted by Gasteiger charge is 2.48. The Hall–Kier alpha value is -3.47. The van der Waals surface area contributed by atoms with Gasteiger partial charge in [0.15, 0.2) is 5.69 Å². The van der Waals surface area contributed by atoms with Crippen molar-refractivity contribution in [1.29, 1.82) is 0 Å². The van der Waals surface area contributed by atoms with Gasteiger partial charge in [0.1, 0.15) is 28.5 Å². The SMILES string of the molecule is COC1(N(C)C)CC(Oc2ccc(Nc3nccc(Nc4ccc(Cl)nc4C(N)=O)n3)cc2)C1. The third-order valence-electron chi connectivity index (χ3n) is 5.71. The number of aromatic nitrogens is 3. The molecule has 0 unspecified atom stereocenters. The monoisotopic (exact) mass is 483 g/mol. The zero-order chi connectivity index (χ0) is 24.3. The first kappa shape index (κ1) is 23.7. The maximum atomic E-state index is 11.7. The molecule has 1 saturated carbocycles. The summed E-state index contributed by atoms with van der Waals surface area (Å²) in [7, 11) is 5.75. The predicted octanol–water partition coefficient (Wildman–Crippen LogP) is 3.56. The van der Waals surface area contributed by atoms with Crippen molar-refractivity contribution in [2.24, 2.45) is 5.73 Å². The molecule has 10 nitrogen and oxygen atoms in total. The number of rotatable bonds is 9. The Morgan fingerprint density at radius 3 is 2.50 bits per heavy atom. The third-order valence-corrected chi connectivity index (χ3v) is 5.92. The fourth-order valence-corrected chi connectivity index (χ4v) is 3.89. The molecule has 0 aliphatic heterocycles. The minimum atomic E-state index is -0.698. The molecule has 1 aliphatic carbocycles. The van der Waals surface area contributed by atoms with Gasteiger partial charge in [0.25, 0.3) is 5.91 Å². The average Bonchev–Trinajstić information content (AvgIpc) is 2.78. The van der Waals surface area contributed by atoms with E-state index < -0.39 is 5.91 Å². The van der Waals surface area contributed by atoms with Crippen molar-refractivity contribution < 1.29 is 14.3 Å². The number of pyridine rings is 1. The standard InChI is InChI=1S/C23H26ClN7O3/c1-31(2)23(33-3)12-16(13-23)34-15-6-4-14(5-7-15)27-22-26-11-10-19(30-22)28-17-8-9-18(24)29-20(17)21(25)32/h4-11,16H,12-13H2,1-3H3,(H2,25,32)(H2,26,27,28,30). The maximum Gasteiger partial charge on any atom is 0.269 e. The van der Waals surface area contributed by atoms with E-state index in [-0.39, 0.29) is 22.7 Å². The largest absolute Gasteiger partial charge is 0.490 e. The van der Waals surface area contributed by atoms with Gasteiger partial charge < -0.3 is 25.8 Å². The molecule has 4 rings (SSSR count). The van der Waals surface area contributed by atoms with Crippen molar-refractivity contribution in [2.75, 3.05) is 31.8 Å². The van der Waals surface area contributed by atoms with E-state index in [0.717, 1.165) is 24.3 Å². The summed E-state index contributed by atoms with van der Waals surface area (Å²) in [5.41, 5.74) is 6.36. The topological polar surface area (TPSA) is 128 Å². The number of carbonyl (C=O) groups excluding carboxylic acids is 1. The van der Waals surface area contributed by atoms with Crippen molar-refractivity contribution in [3.8, 4) is 5.75 Å². The summed E-state index contributed by atoms with van der Waals surface area (Å²) in [5.74, 6) is 0.911. The number of nitrogens with one attached hydrogen (secondary N) is 2. The molecular weight excluding hydrogens is 458 g/mol. The van der Waals surface area contributed by atoms with Gasteiger partial charge in [0.2, 0.25) is 5.95 Å². The predicted molar refractivity (Wildman–Crippen MR) is 130 cm³/mol. The summed E-state index contributed by atoms with van der Waals surface area (Å²) in [5, 5.41) is 6.34. The first-order valence-corrected chi connectivity index (χ1v) is 11.0. The summed E-state index contributed by atoms with van der Waals surface area (Å²) < 4.78 is 11.7. The van der Waals surface area contributed by atoms with Crippen LogP contribution in [0.15, 0.2) is 48.7 Å². The number of benzene rings is 1. The van der Waals surface area contributed by atoms with Crippen molar-refractivity contribution in [1.82, 2.24) is 19.9 Å². The highest BCUT2D eigenvalue weighted by atomic mass is 35.5. The van der Waals surface area contributed by atoms with Crippen LogP contribution in [0.1, 0.15) is 23.3 Å². The molecule has 1 aromatic carbocycles. The number of amides is 1. The normalized spacial score (nSPS) is 19.4. The van der Waals surface area contributed by atoms with Crippen LogP contribution in [0.4, 0.5) is 23.1 Å². The number of carbonyl (C=O) groups is 1. The molecule has 4 N–H and O–H groups in total. The number of hydrogen-bond acceptors (Lipinski definition) is 9. The molecule has 0 spiro atoms. The van der Waals surface area contributed by atoms with Gasteiger partial charge >= 0.3 is 0 Å². The van der Waals surface area contributed by atoms with Crippen LogP contribution in [-0.2, 0) is 4.74 Å². The Balaban J connectivity index is 1.38. The van der Waals surface area contributed by atoms with Gasteiger partial charge in [-0.3, -0.25) is 9.69 Å². The first-order chi connectivity index (χ1) is 16.3. The Morgan fingerprint density at radius 2 is 1.85 bits per heavy atom. The van der Waals surface area contributed by atoms with Crippen LogP contribution in [0.2, 0.25) is 5.15 Å². The number of methoxy groups -OCH3 is 1. The lowest BCUT2D eigenvalue weighted by Crippen LogP contribution is -2.59. The molecule has 1 fully saturated rings. The Labute approximate surface area is 202 Å². The summed E-state index contributed by atoms with van der Waals surface area (Å²) >= 11 is 5.86. The van der Waals surface area contributed by atoms with Crippen LogP contribution >= 0.6 is 11.6 Å². The molecule has 11 heteroatoms. The molecule has 34 heavy (non-hydrogen) atoms. The molecule has 0 bridgehead atoms. The van der Waals surface area contributed by atoms with Crippen LogP contribution in [0.3, 0.4) is 0 Å². The number of nitrogens with zero attached hydrogens (tertiary/aromatic N) is 4. The van der Waals surface area contributed by atoms with E-state index in [4.69, 9.17) is 26.8 Å². The Morgan fingerprint density at radius 1 is 1.12 bits per heavy atom. The Bertz CT molecular complexity index is 1170. The number of nitrogens with two attached hydrogens (primary N) is 1. The van der Waals surface area contributed by atoms with Crippen LogP contribution in [0.5, 0.6) is 5.75 Å². The fraction of sp³-hybridized carbons (Fsp3) is 0.304. The molecule has 2 heterocycles. The van der Waals surface area contributed by atoms with E-state index in [0.29, 0.717) is 17.5 Å². The molecule has 1 aliphatic rings. The lowest BCUT2D eigenvalue weighted by atomic mass is 9.83. The van der Waals surface area contributed by atoms with Crippen LogP contribution in [0.25, 0.3) is 0 Å². The number of ether oxygens (including phenoxy) is 2. The maximum absolute atomic E-state index is 11.7. The van der Waals surface area contributed by atoms with E-state index in [1.54, 1.807) is 31.5 Å². The van der Waals surface area contributed by atoms with E-state index >= 15 is 0 Å². The average molecular weight is 484 g/mol. The van der Waals surface area contributed by atoms with Crippen molar-refractivity contribution in [2.45, 2.75) is 24.7 Å². The lowest BCUT2D eigenvalue weighted by Gasteiger charge is -2.50. The van der Waals surface area contributed by atoms with Gasteiger partial charge in [0, 0.05) is 31.8 Å². The molecule has 2 aromatic heterocycles. The number of halogens is 1. The van der Waals surface area contributed by atoms with Crippen molar-refractivity contribution in [3.05, 3.63) is 59.5 Å². The zero-order valence-electron chi connectivity index (χ0n) is 19.1. The molecule has 3 aromatic rings. The summed E-state index contributed by atoms with van der Waals surface area (Å²) in [6.07, 6.45) is 3.32. The summed E-state index contributed by atoms with van der Waals surface area (Å²) in [4.78, 5) is 26.4. The molecule has 0 radical (unpaired) electrons. The van der Waals surface area contributed by atoms with Gasteiger partial charge in [0.05, 0.1) is 5.69 Å². The van der Waals surface area contributed by atoms with Crippen molar-refractivity contribution >= 4 is 40.6 Å². The van der Waals surface area contributed by atoms with Gasteiger partial charge in [-0.05, 0) is 56.6 Å². The van der Waals surface area contributed by atoms with E-state index in [9.17, 15) is 4.79 Å².